The summed E-state index contributed by atoms with van der Waals surface area (Å²) in [4.78, 5) is 4.36. The van der Waals surface area contributed by atoms with Gasteiger partial charge in [0.1, 0.15) is 0 Å². The van der Waals surface area contributed by atoms with Crippen LogP contribution in [0.2, 0.25) is 0 Å². The van der Waals surface area contributed by atoms with Gasteiger partial charge in [0.15, 0.2) is 0 Å². The fourth-order valence-corrected chi connectivity index (χ4v) is 5.06. The van der Waals surface area contributed by atoms with Crippen molar-refractivity contribution in [3.63, 3.8) is 0 Å². The van der Waals surface area contributed by atoms with E-state index in [0.717, 1.165) is 11.8 Å². The molecule has 0 aromatic carbocycles. The number of hydrogen-bond donors (Lipinski definition) is 0. The molecule has 0 saturated heterocycles. The summed E-state index contributed by atoms with van der Waals surface area (Å²) in [5.41, 5.74) is 4.28. The zero-order chi connectivity index (χ0) is 13.5. The maximum atomic E-state index is 4.36. The topological polar surface area (TPSA) is 17.8 Å². The average molecular weight is 286 g/mol. The monoisotopic (exact) mass is 286 g/mol. The van der Waals surface area contributed by atoms with Crippen molar-refractivity contribution in [1.29, 1.82) is 0 Å². The summed E-state index contributed by atoms with van der Waals surface area (Å²) in [6, 6.07) is 0.533. The Bertz CT molecular complexity index is 551. The van der Waals surface area contributed by atoms with Crippen molar-refractivity contribution in [2.75, 3.05) is 0 Å². The third-order valence-corrected chi connectivity index (χ3v) is 6.14. The highest BCUT2D eigenvalue weighted by Crippen LogP contribution is 2.45. The fourth-order valence-electron chi connectivity index (χ4n) is 4.17. The van der Waals surface area contributed by atoms with E-state index in [9.17, 15) is 0 Å². The minimum absolute atomic E-state index is 0.533. The van der Waals surface area contributed by atoms with Gasteiger partial charge < -0.3 is 4.57 Å². The Kier molecular flexibility index (Phi) is 3.18. The SMILES string of the molecule is CC(CC1c2cscc2-c2cncn21)C1CCCCC1. The minimum Gasteiger partial charge on any atom is -0.323 e. The highest BCUT2D eigenvalue weighted by Gasteiger charge is 2.32. The second-order valence-corrected chi connectivity index (χ2v) is 7.30. The molecular weight excluding hydrogens is 264 g/mol. The van der Waals surface area contributed by atoms with Gasteiger partial charge in [-0.15, -0.1) is 0 Å². The Morgan fingerprint density at radius 3 is 3.00 bits per heavy atom. The first-order valence-corrected chi connectivity index (χ1v) is 8.87. The van der Waals surface area contributed by atoms with Crippen molar-refractivity contribution in [3.05, 3.63) is 28.8 Å². The van der Waals surface area contributed by atoms with E-state index in [2.05, 4.69) is 27.2 Å². The fraction of sp³-hybridized carbons (Fsp3) is 0.588. The van der Waals surface area contributed by atoms with Crippen molar-refractivity contribution in [2.45, 2.75) is 51.5 Å². The first-order chi connectivity index (χ1) is 9.84. The van der Waals surface area contributed by atoms with Crippen LogP contribution in [0, 0.1) is 11.8 Å². The summed E-state index contributed by atoms with van der Waals surface area (Å²) in [7, 11) is 0. The molecule has 0 radical (unpaired) electrons. The number of rotatable bonds is 3. The lowest BCUT2D eigenvalue weighted by atomic mass is 9.78. The van der Waals surface area contributed by atoms with Crippen LogP contribution < -0.4 is 0 Å². The van der Waals surface area contributed by atoms with Crippen LogP contribution in [0.25, 0.3) is 11.3 Å². The summed E-state index contributed by atoms with van der Waals surface area (Å²) in [6.07, 6.45) is 12.6. The van der Waals surface area contributed by atoms with Crippen LogP contribution in [0.4, 0.5) is 0 Å². The lowest BCUT2D eigenvalue weighted by Crippen LogP contribution is -2.19. The van der Waals surface area contributed by atoms with Gasteiger partial charge in [0.25, 0.3) is 0 Å². The predicted octanol–water partition coefficient (Wildman–Crippen LogP) is 5.12. The van der Waals surface area contributed by atoms with E-state index in [4.69, 9.17) is 0 Å². The Morgan fingerprint density at radius 1 is 1.30 bits per heavy atom. The van der Waals surface area contributed by atoms with Crippen LogP contribution in [0.3, 0.4) is 0 Å². The van der Waals surface area contributed by atoms with E-state index in [-0.39, 0.29) is 0 Å². The molecule has 0 bridgehead atoms. The highest BCUT2D eigenvalue weighted by atomic mass is 32.1. The zero-order valence-electron chi connectivity index (χ0n) is 12.1. The third kappa shape index (κ3) is 1.95. The van der Waals surface area contributed by atoms with Crippen molar-refractivity contribution >= 4 is 11.3 Å². The van der Waals surface area contributed by atoms with Gasteiger partial charge in [-0.3, -0.25) is 0 Å². The summed E-state index contributed by atoms with van der Waals surface area (Å²) in [5.74, 6) is 1.76. The normalized spacial score (nSPS) is 23.6. The Labute approximate surface area is 124 Å². The van der Waals surface area contributed by atoms with E-state index in [1.54, 1.807) is 0 Å². The van der Waals surface area contributed by atoms with Crippen LogP contribution in [-0.4, -0.2) is 9.55 Å². The molecule has 2 unspecified atom stereocenters. The molecule has 3 heteroatoms. The molecule has 2 nitrogen and oxygen atoms in total. The first kappa shape index (κ1) is 12.6. The van der Waals surface area contributed by atoms with Gasteiger partial charge in [0.05, 0.1) is 24.3 Å². The molecule has 2 aromatic rings. The molecule has 0 amide bonds. The number of thiophene rings is 1. The molecule has 20 heavy (non-hydrogen) atoms. The maximum Gasteiger partial charge on any atom is 0.0956 e. The van der Waals surface area contributed by atoms with Crippen molar-refractivity contribution in [3.8, 4) is 11.3 Å². The number of imidazole rings is 1. The highest BCUT2D eigenvalue weighted by molar-refractivity contribution is 7.08. The molecule has 0 N–H and O–H groups in total. The molecule has 1 fully saturated rings. The molecule has 4 rings (SSSR count). The molecule has 1 saturated carbocycles. The summed E-state index contributed by atoms with van der Waals surface area (Å²) >= 11 is 1.83. The van der Waals surface area contributed by atoms with Crippen molar-refractivity contribution < 1.29 is 0 Å². The van der Waals surface area contributed by atoms with Gasteiger partial charge in [-0.05, 0) is 29.2 Å². The lowest BCUT2D eigenvalue weighted by Gasteiger charge is -2.30. The summed E-state index contributed by atoms with van der Waals surface area (Å²) in [6.45, 7) is 2.47. The first-order valence-electron chi connectivity index (χ1n) is 7.93. The lowest BCUT2D eigenvalue weighted by molar-refractivity contribution is 0.236. The van der Waals surface area contributed by atoms with E-state index < -0.39 is 0 Å². The second kappa shape index (κ2) is 5.03. The van der Waals surface area contributed by atoms with Crippen LogP contribution in [-0.2, 0) is 0 Å². The molecule has 0 spiro atoms. The molecule has 2 aromatic heterocycles. The summed E-state index contributed by atoms with van der Waals surface area (Å²) in [5, 5.41) is 4.63. The minimum atomic E-state index is 0.533. The average Bonchev–Trinajstić information content (AvgIpc) is 3.16. The predicted molar refractivity (Wildman–Crippen MR) is 84.0 cm³/mol. The zero-order valence-corrected chi connectivity index (χ0v) is 12.9. The van der Waals surface area contributed by atoms with Crippen LogP contribution in [0.1, 0.15) is 57.1 Å². The quantitative estimate of drug-likeness (QED) is 0.765. The molecule has 1 aliphatic carbocycles. The Morgan fingerprint density at radius 2 is 2.15 bits per heavy atom. The van der Waals surface area contributed by atoms with Gasteiger partial charge >= 0.3 is 0 Å². The maximum absolute atomic E-state index is 4.36. The number of hydrogen-bond acceptors (Lipinski definition) is 2. The van der Waals surface area contributed by atoms with Gasteiger partial charge in [-0.2, -0.15) is 11.3 Å². The van der Waals surface area contributed by atoms with Crippen LogP contribution in [0.5, 0.6) is 0 Å². The van der Waals surface area contributed by atoms with Crippen LogP contribution >= 0.6 is 11.3 Å². The molecule has 106 valence electrons. The Hall–Kier alpha value is -1.09. The van der Waals surface area contributed by atoms with Gasteiger partial charge in [0, 0.05) is 10.9 Å². The third-order valence-electron chi connectivity index (χ3n) is 5.38. The van der Waals surface area contributed by atoms with Crippen LogP contribution in [0.15, 0.2) is 23.3 Å². The molecule has 1 aliphatic heterocycles. The van der Waals surface area contributed by atoms with E-state index in [1.165, 1.54) is 55.3 Å². The van der Waals surface area contributed by atoms with E-state index >= 15 is 0 Å². The largest absolute Gasteiger partial charge is 0.323 e. The van der Waals surface area contributed by atoms with E-state index in [0.29, 0.717) is 6.04 Å². The van der Waals surface area contributed by atoms with Gasteiger partial charge in [-0.25, -0.2) is 4.98 Å². The number of nitrogens with zero attached hydrogens (tertiary/aromatic N) is 2. The molecular formula is C17H22N2S. The molecule has 2 atom stereocenters. The van der Waals surface area contributed by atoms with E-state index in [1.807, 2.05) is 23.9 Å². The molecule has 3 heterocycles. The van der Waals surface area contributed by atoms with Crippen molar-refractivity contribution in [1.82, 2.24) is 9.55 Å². The van der Waals surface area contributed by atoms with Gasteiger partial charge in [0.2, 0.25) is 0 Å². The second-order valence-electron chi connectivity index (χ2n) is 6.55. The standard InChI is InChI=1S/C17H22N2S/c1-12(13-5-3-2-4-6-13)7-16-14-9-20-10-15(14)17-8-18-11-19(16)17/h8-13,16H,2-7H2,1H3. The summed E-state index contributed by atoms with van der Waals surface area (Å²) < 4.78 is 2.40. The smallest absolute Gasteiger partial charge is 0.0956 e. The number of aromatic nitrogens is 2. The molecule has 2 aliphatic rings. The number of fused-ring (bicyclic) bond motifs is 3. The van der Waals surface area contributed by atoms with Crippen molar-refractivity contribution in [2.24, 2.45) is 11.8 Å². The Balaban J connectivity index is 1.57. The van der Waals surface area contributed by atoms with Gasteiger partial charge in [-0.1, -0.05) is 39.0 Å².